The number of nitrogens with one attached hydrogen (secondary N) is 2. The minimum Gasteiger partial charge on any atom is -0.871 e. The van der Waals surface area contributed by atoms with E-state index in [-0.39, 0.29) is 65.6 Å². The predicted molar refractivity (Wildman–Crippen MR) is 290 cm³/mol. The first-order valence-corrected chi connectivity index (χ1v) is 25.3. The minimum atomic E-state index is -0.641. The van der Waals surface area contributed by atoms with Crippen LogP contribution >= 0.6 is 0 Å². The molecule has 10 nitrogen and oxygen atoms in total. The molecule has 0 saturated carbocycles. The van der Waals surface area contributed by atoms with Gasteiger partial charge in [0.15, 0.2) is 5.78 Å². The summed E-state index contributed by atoms with van der Waals surface area (Å²) in [5.41, 5.74) is 9.78. The molecule has 2 aliphatic carbocycles. The average molecular weight is 965 g/mol. The molecular formula is C62H68N4O6. The second kappa shape index (κ2) is 23.1. The van der Waals surface area contributed by atoms with Crippen LogP contribution in [0.3, 0.4) is 0 Å². The summed E-state index contributed by atoms with van der Waals surface area (Å²) < 4.78 is 7.58. The summed E-state index contributed by atoms with van der Waals surface area (Å²) in [5, 5.41) is 21.0. The number of benzene rings is 5. The van der Waals surface area contributed by atoms with Gasteiger partial charge in [-0.25, -0.2) is 0 Å². The monoisotopic (exact) mass is 965 g/mol. The van der Waals surface area contributed by atoms with Gasteiger partial charge in [0, 0.05) is 88.1 Å². The summed E-state index contributed by atoms with van der Waals surface area (Å²) in [6, 6.07) is 38.0. The van der Waals surface area contributed by atoms with Crippen molar-refractivity contribution in [1.82, 2.24) is 9.89 Å². The molecule has 7 rings (SSSR count). The second-order valence-corrected chi connectivity index (χ2v) is 19.6. The highest BCUT2D eigenvalue weighted by Crippen LogP contribution is 2.44. The van der Waals surface area contributed by atoms with Crippen molar-refractivity contribution in [3.05, 3.63) is 184 Å². The molecule has 2 aliphatic rings. The van der Waals surface area contributed by atoms with Gasteiger partial charge in [-0.05, 0) is 110 Å². The van der Waals surface area contributed by atoms with Crippen LogP contribution in [0.4, 0.5) is 34.1 Å². The zero-order valence-electron chi connectivity index (χ0n) is 43.3. The molecule has 10 heteroatoms. The van der Waals surface area contributed by atoms with E-state index in [0.717, 1.165) is 63.5 Å². The molecule has 1 atom stereocenters. The number of amides is 2. The number of carbonyl (C=O) groups is 4. The molecule has 372 valence electrons. The fourth-order valence-electron chi connectivity index (χ4n) is 8.69. The smallest absolute Gasteiger partial charge is 0.311 e. The lowest BCUT2D eigenvalue weighted by Crippen LogP contribution is -2.34. The summed E-state index contributed by atoms with van der Waals surface area (Å²) in [7, 11) is 0. The fraction of sp³-hybridized carbons (Fsp3) is 0.306. The minimum absolute atomic E-state index is 0.0202. The Bertz CT molecular complexity index is 2900. The number of Topliss-reactive ketones (excluding diaryl/α,β-unsaturated/α-hetero) is 1. The molecule has 0 fully saturated rings. The van der Waals surface area contributed by atoms with E-state index in [4.69, 9.17) is 4.74 Å². The van der Waals surface area contributed by atoms with E-state index in [2.05, 4.69) is 27.0 Å². The summed E-state index contributed by atoms with van der Waals surface area (Å²) >= 11 is 0. The number of ketones is 1. The van der Waals surface area contributed by atoms with Crippen molar-refractivity contribution in [2.75, 3.05) is 16.8 Å². The van der Waals surface area contributed by atoms with E-state index in [1.165, 1.54) is 0 Å². The van der Waals surface area contributed by atoms with Crippen LogP contribution in [-0.2, 0) is 23.9 Å². The number of unbranched alkanes of at least 4 members (excludes halogenated alkanes) is 1. The van der Waals surface area contributed by atoms with E-state index in [9.17, 15) is 24.3 Å². The van der Waals surface area contributed by atoms with Crippen LogP contribution in [0.1, 0.15) is 107 Å². The van der Waals surface area contributed by atoms with Gasteiger partial charge in [-0.2, -0.15) is 4.58 Å². The Labute approximate surface area is 425 Å². The highest BCUT2D eigenvalue weighted by Gasteiger charge is 2.36. The molecule has 1 unspecified atom stereocenters. The molecular weight excluding hydrogens is 897 g/mol. The van der Waals surface area contributed by atoms with Gasteiger partial charge in [0.2, 0.25) is 28.9 Å². The largest absolute Gasteiger partial charge is 0.871 e. The first-order valence-electron chi connectivity index (χ1n) is 25.3. The Morgan fingerprint density at radius 2 is 1.24 bits per heavy atom. The lowest BCUT2D eigenvalue weighted by molar-refractivity contribution is -0.297. The van der Waals surface area contributed by atoms with Gasteiger partial charge in [-0.1, -0.05) is 116 Å². The third-order valence-electron chi connectivity index (χ3n) is 13.7. The molecule has 0 spiro atoms. The molecule has 0 radical (unpaired) electrons. The van der Waals surface area contributed by atoms with Gasteiger partial charge >= 0.3 is 5.97 Å². The number of ether oxygens (including phenoxy) is 1. The number of anilines is 4. The van der Waals surface area contributed by atoms with E-state index in [1.807, 2.05) is 171 Å². The van der Waals surface area contributed by atoms with Gasteiger partial charge in [0.1, 0.15) is 0 Å². The maximum atomic E-state index is 14.8. The average Bonchev–Trinajstić information content (AvgIpc) is 3.37. The quantitative estimate of drug-likeness (QED) is 0.0365. The number of carbonyl (C=O) groups excluding carboxylic acids is 4. The van der Waals surface area contributed by atoms with Gasteiger partial charge in [-0.3, -0.25) is 19.2 Å². The standard InChI is InChI=1S/C62H68N4O6/c1-10-13-15-44(11-2)60(70)64-54-39-50(66(47-29-21-42(6)22-30-47)48-31-23-43(7)24-32-48)34-36-52(54)57-58(68)56(59(57)69)51-35-33-49(38-53(51)63-55(67)16-14-37-72-61(71)62(8,9)12-3)65(45-25-17-40(4)18-26-45)46-27-19-41(5)20-28-46/h17-36,38-39,44H,10-16,37H2,1-9H3,(H2,63,64,67,68,69,70). The van der Waals surface area contributed by atoms with Crippen molar-refractivity contribution >= 4 is 69.0 Å². The maximum absolute atomic E-state index is 14.8. The highest BCUT2D eigenvalue weighted by molar-refractivity contribution is 6.40. The van der Waals surface area contributed by atoms with Gasteiger partial charge in [0.05, 0.1) is 23.4 Å². The molecule has 2 amide bonds. The van der Waals surface area contributed by atoms with Crippen LogP contribution in [0.2, 0.25) is 0 Å². The third-order valence-corrected chi connectivity index (χ3v) is 13.7. The van der Waals surface area contributed by atoms with Crippen molar-refractivity contribution in [2.45, 2.75) is 107 Å². The Morgan fingerprint density at radius 1 is 0.694 bits per heavy atom. The van der Waals surface area contributed by atoms with Crippen molar-refractivity contribution in [3.8, 4) is 0 Å². The molecule has 0 saturated heterocycles. The summed E-state index contributed by atoms with van der Waals surface area (Å²) in [4.78, 5) is 57.6. The number of nitrogens with zero attached hydrogens (tertiary/aromatic N) is 2. The summed E-state index contributed by atoms with van der Waals surface area (Å²) in [6.45, 7) is 17.8. The number of allylic oxidation sites excluding steroid dienone is 5. The Kier molecular flexibility index (Phi) is 16.8. The van der Waals surface area contributed by atoms with E-state index in [0.29, 0.717) is 36.2 Å². The molecule has 5 aromatic rings. The SMILES string of the molecule is CCCCC(CC)C(=O)Nc1cc(N(c2ccc(C)cc2)c2ccc(C)cc2)ccc1C1=C([O-])/C(=C2/C=CC(=[N+](c3ccc(C)cc3)c3ccc(C)cc3)C=C2NC(=O)CCCOC(=O)C(C)(C)CC)C1=O. The normalized spacial score (nSPS) is 14.9. The lowest BCUT2D eigenvalue weighted by Gasteiger charge is -2.35. The fourth-order valence-corrected chi connectivity index (χ4v) is 8.69. The predicted octanol–water partition coefficient (Wildman–Crippen LogP) is 12.8. The van der Waals surface area contributed by atoms with E-state index >= 15 is 0 Å². The summed E-state index contributed by atoms with van der Waals surface area (Å²) in [6.07, 6.45) is 9.41. The molecule has 72 heavy (non-hydrogen) atoms. The van der Waals surface area contributed by atoms with Crippen molar-refractivity contribution < 1.29 is 29.0 Å². The van der Waals surface area contributed by atoms with Gasteiger partial charge in [0.25, 0.3) is 0 Å². The number of hydrogen-bond donors (Lipinski definition) is 2. The van der Waals surface area contributed by atoms with Crippen LogP contribution in [-0.4, -0.2) is 35.9 Å². The maximum Gasteiger partial charge on any atom is 0.311 e. The molecule has 2 N–H and O–H groups in total. The molecule has 0 aromatic heterocycles. The molecule has 0 bridgehead atoms. The first-order chi connectivity index (χ1) is 34.5. The third kappa shape index (κ3) is 11.9. The number of aryl methyl sites for hydroxylation is 4. The van der Waals surface area contributed by atoms with Crippen molar-refractivity contribution in [2.24, 2.45) is 11.3 Å². The van der Waals surface area contributed by atoms with Gasteiger partial charge < -0.3 is 25.4 Å². The molecule has 0 heterocycles. The van der Waals surface area contributed by atoms with Crippen molar-refractivity contribution in [1.29, 1.82) is 0 Å². The summed E-state index contributed by atoms with van der Waals surface area (Å²) in [5.74, 6) is -2.16. The Morgan fingerprint density at radius 3 is 1.75 bits per heavy atom. The van der Waals surface area contributed by atoms with Crippen LogP contribution in [0, 0.1) is 39.0 Å². The number of rotatable bonds is 19. The number of hydrogen-bond acceptors (Lipinski definition) is 7. The zero-order valence-corrected chi connectivity index (χ0v) is 43.3. The first kappa shape index (κ1) is 52.2. The van der Waals surface area contributed by atoms with Crippen molar-refractivity contribution in [3.63, 3.8) is 0 Å². The molecule has 5 aromatic carbocycles. The Hall–Kier alpha value is -7.59. The number of esters is 1. The highest BCUT2D eigenvalue weighted by atomic mass is 16.5. The zero-order chi connectivity index (χ0) is 51.7. The van der Waals surface area contributed by atoms with Crippen LogP contribution < -0.4 is 25.2 Å². The lowest BCUT2D eigenvalue weighted by atomic mass is 9.78. The van der Waals surface area contributed by atoms with Crippen LogP contribution in [0.5, 0.6) is 0 Å². The van der Waals surface area contributed by atoms with Crippen LogP contribution in [0.15, 0.2) is 156 Å². The van der Waals surface area contributed by atoms with E-state index < -0.39 is 17.0 Å². The molecule has 0 aliphatic heterocycles. The Balaban J connectivity index is 1.34. The van der Waals surface area contributed by atoms with E-state index in [1.54, 1.807) is 18.2 Å². The van der Waals surface area contributed by atoms with Gasteiger partial charge in [-0.15, -0.1) is 0 Å². The van der Waals surface area contributed by atoms with Crippen LogP contribution in [0.25, 0.3) is 5.57 Å². The second-order valence-electron chi connectivity index (χ2n) is 19.6. The topological polar surface area (TPSA) is 131 Å².